The van der Waals surface area contributed by atoms with Gasteiger partial charge in [0.1, 0.15) is 12.6 Å². The molecule has 0 fully saturated rings. The van der Waals surface area contributed by atoms with Crippen molar-refractivity contribution < 1.29 is 18.0 Å². The van der Waals surface area contributed by atoms with Crippen molar-refractivity contribution >= 4 is 43.5 Å². The molecule has 0 saturated carbocycles. The van der Waals surface area contributed by atoms with Crippen LogP contribution < -0.4 is 9.62 Å². The average molecular weight is 615 g/mol. The van der Waals surface area contributed by atoms with Crippen molar-refractivity contribution in [3.05, 3.63) is 94.0 Å². The number of hydrogen-bond donors (Lipinski definition) is 1. The van der Waals surface area contributed by atoms with Crippen LogP contribution >= 0.6 is 15.9 Å². The van der Waals surface area contributed by atoms with Crippen LogP contribution in [0.25, 0.3) is 0 Å². The summed E-state index contributed by atoms with van der Waals surface area (Å²) in [6, 6.07) is 20.1. The summed E-state index contributed by atoms with van der Waals surface area (Å²) in [6.07, 6.45) is 0.746. The van der Waals surface area contributed by atoms with Crippen molar-refractivity contribution in [2.24, 2.45) is 0 Å². The second kappa shape index (κ2) is 13.3. The number of nitrogens with zero attached hydrogens (tertiary/aromatic N) is 2. The standard InChI is InChI=1S/C30H36BrN3O4S/c1-6-23(4)32-30(36)24(5)33(19-25-10-7-9-22(3)17-25)29(35)20-34(27-12-8-11-26(31)18-27)39(37,38)28-15-13-21(2)14-16-28/h7-18,23-24H,6,19-20H2,1-5H3,(H,32,36)/t23-,24-/m0/s1. The van der Waals surface area contributed by atoms with Crippen LogP contribution in [0.3, 0.4) is 0 Å². The zero-order chi connectivity index (χ0) is 28.7. The molecule has 3 aromatic carbocycles. The Morgan fingerprint density at radius 3 is 2.21 bits per heavy atom. The van der Waals surface area contributed by atoms with Crippen LogP contribution in [0.2, 0.25) is 0 Å². The first-order chi connectivity index (χ1) is 18.4. The molecule has 0 bridgehead atoms. The molecule has 208 valence electrons. The number of hydrogen-bond acceptors (Lipinski definition) is 4. The third-order valence-electron chi connectivity index (χ3n) is 6.59. The van der Waals surface area contributed by atoms with Crippen LogP contribution in [-0.2, 0) is 26.2 Å². The summed E-state index contributed by atoms with van der Waals surface area (Å²) in [5, 5.41) is 2.94. The minimum Gasteiger partial charge on any atom is -0.352 e. The van der Waals surface area contributed by atoms with Crippen LogP contribution in [-0.4, -0.2) is 43.8 Å². The molecule has 2 atom stereocenters. The Morgan fingerprint density at radius 2 is 1.59 bits per heavy atom. The second-order valence-corrected chi connectivity index (χ2v) is 12.6. The number of carbonyl (C=O) groups is 2. The van der Waals surface area contributed by atoms with E-state index in [-0.39, 0.29) is 23.4 Å². The minimum absolute atomic E-state index is 0.0593. The Kier molecular flexibility index (Phi) is 10.3. The number of sulfonamides is 1. The maximum absolute atomic E-state index is 14.0. The molecule has 0 heterocycles. The molecule has 0 aromatic heterocycles. The Morgan fingerprint density at radius 1 is 0.923 bits per heavy atom. The van der Waals surface area contributed by atoms with Crippen LogP contribution in [0.4, 0.5) is 5.69 Å². The second-order valence-electron chi connectivity index (χ2n) is 9.81. The molecule has 0 aliphatic heterocycles. The highest BCUT2D eigenvalue weighted by Gasteiger charge is 2.32. The molecule has 0 unspecified atom stereocenters. The molecule has 3 rings (SSSR count). The average Bonchev–Trinajstić information content (AvgIpc) is 2.89. The molecule has 1 N–H and O–H groups in total. The molecule has 39 heavy (non-hydrogen) atoms. The van der Waals surface area contributed by atoms with Crippen LogP contribution in [0, 0.1) is 13.8 Å². The van der Waals surface area contributed by atoms with Gasteiger partial charge in [0.05, 0.1) is 10.6 Å². The molecule has 2 amide bonds. The molecular weight excluding hydrogens is 578 g/mol. The van der Waals surface area contributed by atoms with Gasteiger partial charge in [-0.25, -0.2) is 8.42 Å². The molecule has 0 aliphatic rings. The highest BCUT2D eigenvalue weighted by atomic mass is 79.9. The van der Waals surface area contributed by atoms with E-state index in [2.05, 4.69) is 21.2 Å². The molecule has 0 saturated heterocycles. The topological polar surface area (TPSA) is 86.8 Å². The summed E-state index contributed by atoms with van der Waals surface area (Å²) in [4.78, 5) is 28.6. The first kappa shape index (κ1) is 30.4. The fourth-order valence-corrected chi connectivity index (χ4v) is 5.85. The van der Waals surface area contributed by atoms with E-state index in [0.717, 1.165) is 27.4 Å². The fraction of sp³-hybridized carbons (Fsp3) is 0.333. The quantitative estimate of drug-likeness (QED) is 0.305. The summed E-state index contributed by atoms with van der Waals surface area (Å²) < 4.78 is 29.5. The van der Waals surface area contributed by atoms with Gasteiger partial charge in [0, 0.05) is 17.1 Å². The van der Waals surface area contributed by atoms with Crippen molar-refractivity contribution in [3.8, 4) is 0 Å². The number of carbonyl (C=O) groups excluding carboxylic acids is 2. The van der Waals surface area contributed by atoms with Gasteiger partial charge in [-0.1, -0.05) is 76.4 Å². The monoisotopic (exact) mass is 613 g/mol. The fourth-order valence-electron chi connectivity index (χ4n) is 4.05. The van der Waals surface area contributed by atoms with Gasteiger partial charge in [0.15, 0.2) is 0 Å². The molecule has 0 aliphatic carbocycles. The summed E-state index contributed by atoms with van der Waals surface area (Å²) in [5.74, 6) is -0.778. The van der Waals surface area contributed by atoms with E-state index >= 15 is 0 Å². The minimum atomic E-state index is -4.10. The smallest absolute Gasteiger partial charge is 0.264 e. The lowest BCUT2D eigenvalue weighted by Crippen LogP contribution is -2.52. The van der Waals surface area contributed by atoms with E-state index in [1.54, 1.807) is 43.3 Å². The maximum Gasteiger partial charge on any atom is 0.264 e. The predicted molar refractivity (Wildman–Crippen MR) is 159 cm³/mol. The van der Waals surface area contributed by atoms with Gasteiger partial charge in [-0.05, 0) is 70.0 Å². The zero-order valence-corrected chi connectivity index (χ0v) is 25.4. The van der Waals surface area contributed by atoms with Crippen molar-refractivity contribution in [1.82, 2.24) is 10.2 Å². The normalized spacial score (nSPS) is 12.9. The lowest BCUT2D eigenvalue weighted by molar-refractivity contribution is -0.139. The number of benzene rings is 3. The summed E-state index contributed by atoms with van der Waals surface area (Å²) >= 11 is 3.41. The number of amides is 2. The van der Waals surface area contributed by atoms with Crippen LogP contribution in [0.15, 0.2) is 82.2 Å². The van der Waals surface area contributed by atoms with Gasteiger partial charge in [-0.15, -0.1) is 0 Å². The number of aryl methyl sites for hydroxylation is 2. The van der Waals surface area contributed by atoms with E-state index in [9.17, 15) is 18.0 Å². The summed E-state index contributed by atoms with van der Waals surface area (Å²) in [5.41, 5.74) is 3.13. The molecule has 0 radical (unpaired) electrons. The van der Waals surface area contributed by atoms with Crippen molar-refractivity contribution in [2.45, 2.75) is 64.6 Å². The number of halogens is 1. The number of rotatable bonds is 11. The van der Waals surface area contributed by atoms with Crippen molar-refractivity contribution in [1.29, 1.82) is 0 Å². The Hall–Kier alpha value is -3.17. The molecule has 7 nitrogen and oxygen atoms in total. The van der Waals surface area contributed by atoms with Crippen LogP contribution in [0.5, 0.6) is 0 Å². The Bertz CT molecular complexity index is 1410. The zero-order valence-electron chi connectivity index (χ0n) is 23.0. The lowest BCUT2D eigenvalue weighted by Gasteiger charge is -2.32. The first-order valence-corrected chi connectivity index (χ1v) is 15.2. The van der Waals surface area contributed by atoms with Gasteiger partial charge >= 0.3 is 0 Å². The summed E-state index contributed by atoms with van der Waals surface area (Å²) in [7, 11) is -4.10. The number of nitrogens with one attached hydrogen (secondary N) is 1. The van der Waals surface area contributed by atoms with Gasteiger partial charge < -0.3 is 10.2 Å². The summed E-state index contributed by atoms with van der Waals surface area (Å²) in [6.45, 7) is 9.06. The van der Waals surface area contributed by atoms with Gasteiger partial charge in [0.25, 0.3) is 10.0 Å². The van der Waals surface area contributed by atoms with E-state index in [0.29, 0.717) is 10.2 Å². The highest BCUT2D eigenvalue weighted by Crippen LogP contribution is 2.27. The van der Waals surface area contributed by atoms with Gasteiger partial charge in [-0.2, -0.15) is 0 Å². The van der Waals surface area contributed by atoms with Crippen molar-refractivity contribution in [2.75, 3.05) is 10.8 Å². The van der Waals surface area contributed by atoms with E-state index in [1.807, 2.05) is 52.0 Å². The van der Waals surface area contributed by atoms with Gasteiger partial charge in [-0.3, -0.25) is 13.9 Å². The Labute approximate surface area is 240 Å². The SMILES string of the molecule is CC[C@H](C)NC(=O)[C@H](C)N(Cc1cccc(C)c1)C(=O)CN(c1cccc(Br)c1)S(=O)(=O)c1ccc(C)cc1. The largest absolute Gasteiger partial charge is 0.352 e. The Balaban J connectivity index is 2.03. The van der Waals surface area contributed by atoms with Crippen LogP contribution in [0.1, 0.15) is 43.9 Å². The molecule has 3 aromatic rings. The molecule has 9 heteroatoms. The van der Waals surface area contributed by atoms with E-state index in [4.69, 9.17) is 0 Å². The third kappa shape index (κ3) is 7.92. The van der Waals surface area contributed by atoms with Gasteiger partial charge in [0.2, 0.25) is 11.8 Å². The lowest BCUT2D eigenvalue weighted by atomic mass is 10.1. The third-order valence-corrected chi connectivity index (χ3v) is 8.87. The first-order valence-electron chi connectivity index (χ1n) is 12.9. The van der Waals surface area contributed by atoms with Crippen molar-refractivity contribution in [3.63, 3.8) is 0 Å². The van der Waals surface area contributed by atoms with E-state index < -0.39 is 28.5 Å². The molecular formula is C30H36BrN3O4S. The molecule has 0 spiro atoms. The number of anilines is 1. The highest BCUT2D eigenvalue weighted by molar-refractivity contribution is 9.10. The van der Waals surface area contributed by atoms with E-state index in [1.165, 1.54) is 17.0 Å². The maximum atomic E-state index is 14.0. The predicted octanol–water partition coefficient (Wildman–Crippen LogP) is 5.59.